The number of hydrogen-bond donors (Lipinski definition) is 4. The highest BCUT2D eigenvalue weighted by Crippen LogP contribution is 2.24. The number of nitrogens with two attached hydrogens (primary N) is 1. The molecule has 0 amide bonds. The summed E-state index contributed by atoms with van der Waals surface area (Å²) >= 11 is 6.05. The van der Waals surface area contributed by atoms with Crippen LogP contribution in [0.1, 0.15) is 31.2 Å². The molecular weight excluding hydrogens is 343 g/mol. The van der Waals surface area contributed by atoms with Crippen LogP contribution in [0.15, 0.2) is 35.1 Å². The first kappa shape index (κ1) is 16.4. The molecule has 2 aromatic heterocycles. The maximum absolute atomic E-state index is 14.3. The molecule has 1 aliphatic heterocycles. The van der Waals surface area contributed by atoms with E-state index in [1.807, 2.05) is 6.07 Å². The van der Waals surface area contributed by atoms with Gasteiger partial charge < -0.3 is 21.4 Å². The minimum Gasteiger partial charge on any atom is -0.365 e. The van der Waals surface area contributed by atoms with Crippen molar-refractivity contribution in [3.63, 3.8) is 0 Å². The zero-order valence-electron chi connectivity index (χ0n) is 13.6. The van der Waals surface area contributed by atoms with E-state index in [-0.39, 0.29) is 30.3 Å². The Morgan fingerprint density at radius 2 is 2.24 bits per heavy atom. The van der Waals surface area contributed by atoms with Crippen LogP contribution < -0.4 is 16.4 Å². The Labute approximate surface area is 149 Å². The quantitative estimate of drug-likeness (QED) is 0.675. The number of halogens is 2. The van der Waals surface area contributed by atoms with E-state index in [4.69, 9.17) is 17.3 Å². The lowest BCUT2D eigenvalue weighted by Gasteiger charge is -2.29. The average molecular weight is 363 g/mol. The van der Waals surface area contributed by atoms with Gasteiger partial charge in [-0.05, 0) is 31.7 Å². The lowest BCUT2D eigenvalue weighted by atomic mass is 9.91. The van der Waals surface area contributed by atoms with Crippen LogP contribution in [0, 0.1) is 0 Å². The molecule has 132 valence electrons. The fourth-order valence-electron chi connectivity index (χ4n) is 3.45. The monoisotopic (exact) mass is 362 g/mol. The van der Waals surface area contributed by atoms with Gasteiger partial charge in [0, 0.05) is 35.4 Å². The van der Waals surface area contributed by atoms with E-state index in [1.165, 1.54) is 0 Å². The second kappa shape index (κ2) is 6.65. The summed E-state index contributed by atoms with van der Waals surface area (Å²) in [5.74, 6) is 0.593. The van der Waals surface area contributed by atoms with E-state index in [0.29, 0.717) is 16.5 Å². The third-order valence-corrected chi connectivity index (χ3v) is 4.91. The van der Waals surface area contributed by atoms with Crippen molar-refractivity contribution in [2.45, 2.75) is 37.8 Å². The van der Waals surface area contributed by atoms with Crippen LogP contribution in [-0.4, -0.2) is 34.4 Å². The molecule has 0 radical (unpaired) electrons. The van der Waals surface area contributed by atoms with Gasteiger partial charge in [-0.3, -0.25) is 0 Å². The Morgan fingerprint density at radius 1 is 1.36 bits per heavy atom. The number of pyridine rings is 1. The number of fused-ring (bicyclic) bond motifs is 1. The first-order valence-corrected chi connectivity index (χ1v) is 8.84. The number of nitrogens with one attached hydrogen (secondary N) is 3. The molecule has 4 rings (SSSR count). The minimum atomic E-state index is -0.293. The van der Waals surface area contributed by atoms with Gasteiger partial charge in [0.2, 0.25) is 0 Å². The van der Waals surface area contributed by atoms with Gasteiger partial charge in [-0.25, -0.2) is 14.4 Å². The van der Waals surface area contributed by atoms with Crippen molar-refractivity contribution in [3.05, 3.63) is 40.7 Å². The fourth-order valence-corrected chi connectivity index (χ4v) is 3.61. The molecule has 2 unspecified atom stereocenters. The van der Waals surface area contributed by atoms with Crippen LogP contribution in [0.3, 0.4) is 0 Å². The van der Waals surface area contributed by atoms with Gasteiger partial charge in [0.1, 0.15) is 11.5 Å². The summed E-state index contributed by atoms with van der Waals surface area (Å²) < 4.78 is 14.3. The van der Waals surface area contributed by atoms with Gasteiger partial charge in [0.15, 0.2) is 11.6 Å². The fraction of sp³-hybridized carbons (Fsp3) is 0.412. The topological polar surface area (TPSA) is 91.1 Å². The van der Waals surface area contributed by atoms with Crippen molar-refractivity contribution in [1.82, 2.24) is 20.6 Å². The standard InChI is InChI=1S/C17H20ClFN6/c18-9-4-12-13(7-22-15(12)21-6-9)16-23-8-14(19)17(25-16)24-11-3-1-2-10(20)5-11/h4,6-7,10-11,24H,1-3,5,8,20H2,(H,21,22)(H,23,25). The normalized spacial score (nSPS) is 24.2. The van der Waals surface area contributed by atoms with Crippen molar-refractivity contribution in [3.8, 4) is 0 Å². The molecule has 6 nitrogen and oxygen atoms in total. The zero-order valence-corrected chi connectivity index (χ0v) is 14.4. The van der Waals surface area contributed by atoms with E-state index in [9.17, 15) is 4.39 Å². The van der Waals surface area contributed by atoms with E-state index in [0.717, 1.165) is 36.6 Å². The van der Waals surface area contributed by atoms with Crippen LogP contribution in [0.5, 0.6) is 0 Å². The van der Waals surface area contributed by atoms with Gasteiger partial charge in [0.05, 0.1) is 11.6 Å². The molecular formula is C17H20ClFN6. The first-order chi connectivity index (χ1) is 12.1. The maximum Gasteiger partial charge on any atom is 0.162 e. The molecule has 0 aromatic carbocycles. The van der Waals surface area contributed by atoms with Crippen molar-refractivity contribution in [2.24, 2.45) is 10.7 Å². The molecule has 0 bridgehead atoms. The highest BCUT2D eigenvalue weighted by atomic mass is 35.5. The number of hydrogen-bond acceptors (Lipinski definition) is 5. The third kappa shape index (κ3) is 3.34. The molecule has 2 aliphatic rings. The second-order valence-electron chi connectivity index (χ2n) is 6.59. The second-order valence-corrected chi connectivity index (χ2v) is 7.02. The van der Waals surface area contributed by atoms with Crippen LogP contribution in [0.2, 0.25) is 5.02 Å². The Morgan fingerprint density at radius 3 is 3.08 bits per heavy atom. The zero-order chi connectivity index (χ0) is 17.4. The molecule has 3 heterocycles. The molecule has 2 atom stereocenters. The first-order valence-electron chi connectivity index (χ1n) is 8.46. The van der Waals surface area contributed by atoms with Crippen LogP contribution >= 0.6 is 11.6 Å². The number of nitrogens with zero attached hydrogens (tertiary/aromatic N) is 2. The summed E-state index contributed by atoms with van der Waals surface area (Å²) in [5, 5.41) is 7.64. The maximum atomic E-state index is 14.3. The van der Waals surface area contributed by atoms with Crippen molar-refractivity contribution in [1.29, 1.82) is 0 Å². The number of H-pyrrole nitrogens is 1. The summed E-state index contributed by atoms with van der Waals surface area (Å²) in [6, 6.07) is 2.15. The molecule has 0 spiro atoms. The Balaban J connectivity index is 1.62. The van der Waals surface area contributed by atoms with Crippen molar-refractivity contribution in [2.75, 3.05) is 6.54 Å². The molecule has 1 fully saturated rings. The molecule has 2 aromatic rings. The Kier molecular flexibility index (Phi) is 4.35. The van der Waals surface area contributed by atoms with Gasteiger partial charge in [-0.1, -0.05) is 11.6 Å². The lowest BCUT2D eigenvalue weighted by molar-refractivity contribution is 0.352. The van der Waals surface area contributed by atoms with Crippen molar-refractivity contribution < 1.29 is 4.39 Å². The van der Waals surface area contributed by atoms with Crippen LogP contribution in [0.4, 0.5) is 4.39 Å². The highest BCUT2D eigenvalue weighted by Gasteiger charge is 2.24. The molecule has 25 heavy (non-hydrogen) atoms. The molecule has 8 heteroatoms. The average Bonchev–Trinajstić information content (AvgIpc) is 3.00. The number of aliphatic imine (C=N–C) groups is 1. The Bertz CT molecular complexity index is 858. The predicted molar refractivity (Wildman–Crippen MR) is 97.1 cm³/mol. The van der Waals surface area contributed by atoms with E-state index in [2.05, 4.69) is 25.6 Å². The van der Waals surface area contributed by atoms with Crippen molar-refractivity contribution >= 4 is 28.5 Å². The third-order valence-electron chi connectivity index (χ3n) is 4.70. The van der Waals surface area contributed by atoms with Gasteiger partial charge in [0.25, 0.3) is 0 Å². The lowest BCUT2D eigenvalue weighted by Crippen LogP contribution is -2.41. The van der Waals surface area contributed by atoms with E-state index in [1.54, 1.807) is 12.4 Å². The molecule has 5 N–H and O–H groups in total. The molecule has 1 saturated carbocycles. The van der Waals surface area contributed by atoms with E-state index < -0.39 is 0 Å². The van der Waals surface area contributed by atoms with Gasteiger partial charge in [-0.15, -0.1) is 0 Å². The molecule has 0 saturated heterocycles. The number of amidine groups is 1. The van der Waals surface area contributed by atoms with Gasteiger partial charge in [-0.2, -0.15) is 0 Å². The SMILES string of the molecule is NC1CCCC(NC2=C(F)CNC(c3c[nH]c4ncc(Cl)cc34)=N2)C1. The summed E-state index contributed by atoms with van der Waals surface area (Å²) in [7, 11) is 0. The smallest absolute Gasteiger partial charge is 0.162 e. The van der Waals surface area contributed by atoms with Crippen LogP contribution in [0.25, 0.3) is 11.0 Å². The number of rotatable bonds is 3. The largest absolute Gasteiger partial charge is 0.365 e. The van der Waals surface area contributed by atoms with Gasteiger partial charge >= 0.3 is 0 Å². The summed E-state index contributed by atoms with van der Waals surface area (Å²) in [6.07, 6.45) is 7.28. The predicted octanol–water partition coefficient (Wildman–Crippen LogP) is 2.56. The number of aromatic amines is 1. The van der Waals surface area contributed by atoms with Crippen LogP contribution in [-0.2, 0) is 0 Å². The summed E-state index contributed by atoms with van der Waals surface area (Å²) in [5.41, 5.74) is 7.56. The number of aromatic nitrogens is 2. The minimum absolute atomic E-state index is 0.0978. The Hall–Kier alpha value is -2.12. The summed E-state index contributed by atoms with van der Waals surface area (Å²) in [6.45, 7) is 0.0978. The summed E-state index contributed by atoms with van der Waals surface area (Å²) in [4.78, 5) is 11.8. The van der Waals surface area contributed by atoms with E-state index >= 15 is 0 Å². The highest BCUT2D eigenvalue weighted by molar-refractivity contribution is 6.31. The molecule has 1 aliphatic carbocycles.